The van der Waals surface area contributed by atoms with Crippen molar-refractivity contribution in [1.82, 2.24) is 0 Å². The Labute approximate surface area is 425 Å². The predicted molar refractivity (Wildman–Crippen MR) is 305 cm³/mol. The summed E-state index contributed by atoms with van der Waals surface area (Å²) in [6.45, 7) is 9.67. The second-order valence-electron chi connectivity index (χ2n) is 21.3. The Bertz CT molecular complexity index is 3660. The summed E-state index contributed by atoms with van der Waals surface area (Å²) in [5.74, 6) is 0.321. The van der Waals surface area contributed by atoms with Gasteiger partial charge in [-0.15, -0.1) is 0 Å². The first-order chi connectivity index (χ1) is 35.2. The Kier molecular flexibility index (Phi) is 10.4. The number of rotatable bonds is 8. The summed E-state index contributed by atoms with van der Waals surface area (Å²) < 4.78 is 0. The van der Waals surface area contributed by atoms with Crippen LogP contribution in [0.1, 0.15) is 67.9 Å². The summed E-state index contributed by atoms with van der Waals surface area (Å²) in [6.07, 6.45) is 5.88. The van der Waals surface area contributed by atoms with Crippen molar-refractivity contribution in [1.29, 1.82) is 0 Å². The Morgan fingerprint density at radius 1 is 0.292 bits per heavy atom. The molecule has 0 aliphatic heterocycles. The van der Waals surface area contributed by atoms with Crippen LogP contribution in [-0.2, 0) is 10.8 Å². The molecule has 0 saturated carbocycles. The van der Waals surface area contributed by atoms with Crippen LogP contribution in [0.5, 0.6) is 0 Å². The van der Waals surface area contributed by atoms with Crippen molar-refractivity contribution < 1.29 is 0 Å². The summed E-state index contributed by atoms with van der Waals surface area (Å²) >= 11 is 0. The molecule has 0 N–H and O–H groups in total. The Morgan fingerprint density at radius 2 is 0.611 bits per heavy atom. The topological polar surface area (TPSA) is 0 Å². The predicted octanol–water partition coefficient (Wildman–Crippen LogP) is 19.5. The number of hydrogen-bond acceptors (Lipinski definition) is 0. The van der Waals surface area contributed by atoms with Gasteiger partial charge < -0.3 is 0 Å². The van der Waals surface area contributed by atoms with Gasteiger partial charge in [-0.1, -0.05) is 227 Å². The fraction of sp³-hybridized carbons (Fsp3) is 0.111. The lowest BCUT2D eigenvalue weighted by Gasteiger charge is -2.29. The van der Waals surface area contributed by atoms with E-state index in [-0.39, 0.29) is 10.8 Å². The smallest absolute Gasteiger partial charge is 0.0159 e. The molecule has 1 unspecified atom stereocenters. The van der Waals surface area contributed by atoms with Gasteiger partial charge in [0, 0.05) is 16.7 Å². The van der Waals surface area contributed by atoms with E-state index in [1.54, 1.807) is 5.57 Å². The highest BCUT2D eigenvalue weighted by Crippen LogP contribution is 2.54. The van der Waals surface area contributed by atoms with Gasteiger partial charge in [0.25, 0.3) is 0 Å². The van der Waals surface area contributed by atoms with Crippen LogP contribution in [0.3, 0.4) is 0 Å². The van der Waals surface area contributed by atoms with Gasteiger partial charge in [0.15, 0.2) is 0 Å². The molecule has 0 heteroatoms. The fourth-order valence-corrected chi connectivity index (χ4v) is 12.2. The number of benzene rings is 10. The molecular formula is C72H56. The van der Waals surface area contributed by atoms with Gasteiger partial charge in [0.2, 0.25) is 0 Å². The van der Waals surface area contributed by atoms with E-state index in [9.17, 15) is 0 Å². The quantitative estimate of drug-likeness (QED) is 0.142. The largest absolute Gasteiger partial charge is 0.0761 e. The molecule has 344 valence electrons. The first-order valence-electron chi connectivity index (χ1n) is 25.6. The summed E-state index contributed by atoms with van der Waals surface area (Å²) in [5, 5.41) is 0. The highest BCUT2D eigenvalue weighted by molar-refractivity contribution is 5.91. The molecule has 13 rings (SSSR count). The van der Waals surface area contributed by atoms with Gasteiger partial charge in [-0.2, -0.15) is 0 Å². The molecule has 0 bridgehead atoms. The van der Waals surface area contributed by atoms with Crippen molar-refractivity contribution in [2.75, 3.05) is 0 Å². The number of fused-ring (bicyclic) bond motifs is 5. The lowest BCUT2D eigenvalue weighted by molar-refractivity contribution is 0.591. The Hall–Kier alpha value is -8.32. The van der Waals surface area contributed by atoms with Crippen molar-refractivity contribution in [2.24, 2.45) is 0 Å². The summed E-state index contributed by atoms with van der Waals surface area (Å²) in [5.41, 5.74) is 29.7. The van der Waals surface area contributed by atoms with Crippen LogP contribution < -0.4 is 0 Å². The zero-order valence-corrected chi connectivity index (χ0v) is 41.5. The van der Waals surface area contributed by atoms with Gasteiger partial charge >= 0.3 is 0 Å². The lowest BCUT2D eigenvalue weighted by atomic mass is 9.74. The van der Waals surface area contributed by atoms with E-state index in [0.717, 1.165) is 6.42 Å². The van der Waals surface area contributed by atoms with E-state index in [1.165, 1.54) is 122 Å². The van der Waals surface area contributed by atoms with Crippen LogP contribution >= 0.6 is 0 Å². The third kappa shape index (κ3) is 7.53. The maximum absolute atomic E-state index is 2.48. The molecule has 0 heterocycles. The molecule has 0 amide bonds. The third-order valence-electron chi connectivity index (χ3n) is 16.3. The van der Waals surface area contributed by atoms with Crippen molar-refractivity contribution in [3.05, 3.63) is 282 Å². The van der Waals surface area contributed by atoms with E-state index in [0.29, 0.717) is 5.92 Å². The Balaban J connectivity index is 0.756. The summed E-state index contributed by atoms with van der Waals surface area (Å²) in [4.78, 5) is 0. The fourth-order valence-electron chi connectivity index (χ4n) is 12.2. The first kappa shape index (κ1) is 43.7. The average Bonchev–Trinajstić information content (AvgIpc) is 3.81. The minimum Gasteiger partial charge on any atom is -0.0761 e. The SMILES string of the molecule is CC1(C)C2=C(C=CC(c3ccc(-c4ccc5c(c4)C(C)(C)c4cc(-c6cc(-c7ccccc7)cc(-c7ccccc7)c6)ccc4-5)cc3)C2)c2ccc(-c3cc(-c4ccccc4)cc(-c4ccccc4)c3)cc21. The normalized spacial score (nSPS) is 15.7. The maximum atomic E-state index is 2.48. The van der Waals surface area contributed by atoms with Crippen molar-refractivity contribution in [3.8, 4) is 89.0 Å². The van der Waals surface area contributed by atoms with E-state index < -0.39 is 0 Å². The standard InChI is InChI=1S/C72H56/c1-71(2)67-43-53(29-33-63(67)65-35-31-55(45-69(65)71)61-39-57(47-17-9-5-10-18-47)37-58(40-61)48-19-11-6-12-20-48)51-25-27-52(28-26-51)54-30-34-64-66-36-32-56(46-70(66)72(3,4)68(64)44-54)62-41-59(49-21-13-7-14-22-49)38-60(42-62)50-23-15-8-16-24-50/h5-43,45-46,54H,44H2,1-4H3. The van der Waals surface area contributed by atoms with Gasteiger partial charge in [-0.3, -0.25) is 0 Å². The van der Waals surface area contributed by atoms with Crippen molar-refractivity contribution >= 4 is 5.57 Å². The molecule has 0 radical (unpaired) electrons. The molecule has 3 aliphatic rings. The number of allylic oxidation sites excluding steroid dienone is 4. The molecule has 72 heavy (non-hydrogen) atoms. The van der Waals surface area contributed by atoms with Gasteiger partial charge in [-0.05, 0) is 183 Å². The number of hydrogen-bond donors (Lipinski definition) is 0. The second-order valence-corrected chi connectivity index (χ2v) is 21.3. The van der Waals surface area contributed by atoms with Gasteiger partial charge in [-0.25, -0.2) is 0 Å². The Morgan fingerprint density at radius 3 is 1.01 bits per heavy atom. The van der Waals surface area contributed by atoms with Gasteiger partial charge in [0.05, 0.1) is 0 Å². The monoisotopic (exact) mass is 920 g/mol. The molecule has 1 atom stereocenters. The van der Waals surface area contributed by atoms with Crippen molar-refractivity contribution in [2.45, 2.75) is 50.9 Å². The minimum atomic E-state index is -0.155. The minimum absolute atomic E-state index is 0.0875. The molecule has 10 aromatic rings. The molecular weight excluding hydrogens is 865 g/mol. The zero-order valence-electron chi connectivity index (χ0n) is 41.5. The molecule has 0 fully saturated rings. The van der Waals surface area contributed by atoms with E-state index in [1.807, 2.05) is 0 Å². The molecule has 0 saturated heterocycles. The van der Waals surface area contributed by atoms with Crippen LogP contribution in [0.2, 0.25) is 0 Å². The molecule has 10 aromatic carbocycles. The highest BCUT2D eigenvalue weighted by atomic mass is 14.4. The van der Waals surface area contributed by atoms with Crippen LogP contribution in [0, 0.1) is 0 Å². The van der Waals surface area contributed by atoms with E-state index in [4.69, 9.17) is 0 Å². The van der Waals surface area contributed by atoms with Gasteiger partial charge in [0.1, 0.15) is 0 Å². The lowest BCUT2D eigenvalue weighted by Crippen LogP contribution is -2.19. The van der Waals surface area contributed by atoms with Crippen LogP contribution in [0.4, 0.5) is 0 Å². The average molecular weight is 921 g/mol. The molecule has 0 nitrogen and oxygen atoms in total. The van der Waals surface area contributed by atoms with Crippen LogP contribution in [0.15, 0.2) is 254 Å². The molecule has 0 spiro atoms. The zero-order chi connectivity index (χ0) is 48.6. The first-order valence-corrected chi connectivity index (χ1v) is 25.6. The molecule has 0 aromatic heterocycles. The van der Waals surface area contributed by atoms with Crippen molar-refractivity contribution in [3.63, 3.8) is 0 Å². The highest BCUT2D eigenvalue weighted by Gasteiger charge is 2.40. The second kappa shape index (κ2) is 17.2. The third-order valence-corrected chi connectivity index (χ3v) is 16.3. The van der Waals surface area contributed by atoms with E-state index >= 15 is 0 Å². The van der Waals surface area contributed by atoms with Crippen LogP contribution in [0.25, 0.3) is 94.6 Å². The molecule has 3 aliphatic carbocycles. The summed E-state index contributed by atoms with van der Waals surface area (Å²) in [6, 6.07) is 88.1. The maximum Gasteiger partial charge on any atom is 0.0159 e. The van der Waals surface area contributed by atoms with E-state index in [2.05, 4.69) is 276 Å². The summed E-state index contributed by atoms with van der Waals surface area (Å²) in [7, 11) is 0. The van der Waals surface area contributed by atoms with Crippen LogP contribution in [-0.4, -0.2) is 0 Å².